The summed E-state index contributed by atoms with van der Waals surface area (Å²) in [5.74, 6) is 0.475. The third-order valence-corrected chi connectivity index (χ3v) is 5.47. The van der Waals surface area contributed by atoms with E-state index in [-0.39, 0.29) is 10.8 Å². The van der Waals surface area contributed by atoms with E-state index in [9.17, 15) is 5.11 Å². The van der Waals surface area contributed by atoms with Crippen LogP contribution in [0.5, 0.6) is 5.75 Å². The molecule has 1 aromatic carbocycles. The summed E-state index contributed by atoms with van der Waals surface area (Å²) in [7, 11) is 2.25. The van der Waals surface area contributed by atoms with E-state index in [1.165, 1.54) is 18.5 Å². The highest BCUT2D eigenvalue weighted by atomic mass is 16.3. The average molecular weight is 347 g/mol. The van der Waals surface area contributed by atoms with Crippen molar-refractivity contribution in [1.82, 2.24) is 4.90 Å². The Morgan fingerprint density at radius 3 is 1.96 bits per heavy atom. The number of benzene rings is 1. The van der Waals surface area contributed by atoms with Gasteiger partial charge in [0.2, 0.25) is 0 Å². The van der Waals surface area contributed by atoms with Gasteiger partial charge in [0.1, 0.15) is 5.75 Å². The molecule has 1 unspecified atom stereocenters. The van der Waals surface area contributed by atoms with Gasteiger partial charge in [-0.05, 0) is 36.4 Å². The summed E-state index contributed by atoms with van der Waals surface area (Å²) in [4.78, 5) is 5.01. The fourth-order valence-corrected chi connectivity index (χ4v) is 3.77. The van der Waals surface area contributed by atoms with Crippen molar-refractivity contribution in [2.75, 3.05) is 31.6 Å². The molecule has 1 aliphatic heterocycles. The lowest BCUT2D eigenvalue weighted by Gasteiger charge is -2.41. The minimum absolute atomic E-state index is 0.0739. The number of aromatic hydroxyl groups is 1. The monoisotopic (exact) mass is 346 g/mol. The quantitative estimate of drug-likeness (QED) is 0.842. The van der Waals surface area contributed by atoms with Crippen LogP contribution in [-0.2, 0) is 10.8 Å². The van der Waals surface area contributed by atoms with Gasteiger partial charge in [0.05, 0.1) is 0 Å². The lowest BCUT2D eigenvalue weighted by molar-refractivity contribution is 0.207. The molecule has 1 fully saturated rings. The fraction of sp³-hybridized carbons (Fsp3) is 0.727. The zero-order valence-corrected chi connectivity index (χ0v) is 17.6. The molecule has 1 N–H and O–H groups in total. The zero-order chi connectivity index (χ0) is 19.0. The van der Waals surface area contributed by atoms with Gasteiger partial charge in [-0.15, -0.1) is 0 Å². The summed E-state index contributed by atoms with van der Waals surface area (Å²) in [5.41, 5.74) is 3.23. The van der Waals surface area contributed by atoms with Crippen molar-refractivity contribution < 1.29 is 5.11 Å². The number of anilines is 1. The van der Waals surface area contributed by atoms with Crippen LogP contribution in [0.1, 0.15) is 72.4 Å². The summed E-state index contributed by atoms with van der Waals surface area (Å²) in [6.45, 7) is 18.6. The molecule has 142 valence electrons. The number of phenols is 1. The molecule has 3 heteroatoms. The predicted octanol–water partition coefficient (Wildman–Crippen LogP) is 4.91. The van der Waals surface area contributed by atoms with Crippen LogP contribution in [0, 0.1) is 0 Å². The van der Waals surface area contributed by atoms with E-state index in [2.05, 4.69) is 77.4 Å². The van der Waals surface area contributed by atoms with Gasteiger partial charge in [0.25, 0.3) is 0 Å². The Balaban J connectivity index is 2.47. The highest BCUT2D eigenvalue weighted by Gasteiger charge is 2.29. The number of hydrogen-bond acceptors (Lipinski definition) is 3. The number of piperazine rings is 1. The molecule has 1 atom stereocenters. The van der Waals surface area contributed by atoms with Crippen molar-refractivity contribution >= 4 is 5.69 Å². The number of nitrogens with zero attached hydrogens (tertiary/aromatic N) is 2. The fourth-order valence-electron chi connectivity index (χ4n) is 3.77. The SMILES string of the molecule is CCCC1CN(c2cc(C(C)(C)C)c(O)c(C(C)(C)C)c2)CCN1C. The third-order valence-electron chi connectivity index (χ3n) is 5.47. The summed E-state index contributed by atoms with van der Waals surface area (Å²) in [6, 6.07) is 5.06. The van der Waals surface area contributed by atoms with E-state index >= 15 is 0 Å². The smallest absolute Gasteiger partial charge is 0.123 e. The lowest BCUT2D eigenvalue weighted by Crippen LogP contribution is -2.51. The summed E-state index contributed by atoms with van der Waals surface area (Å²) < 4.78 is 0. The molecule has 0 radical (unpaired) electrons. The zero-order valence-electron chi connectivity index (χ0n) is 17.6. The van der Waals surface area contributed by atoms with E-state index < -0.39 is 0 Å². The molecule has 1 aromatic rings. The highest BCUT2D eigenvalue weighted by molar-refractivity contribution is 5.60. The molecule has 0 aromatic heterocycles. The maximum atomic E-state index is 10.9. The molecule has 0 amide bonds. The Morgan fingerprint density at radius 2 is 1.52 bits per heavy atom. The van der Waals surface area contributed by atoms with Crippen molar-refractivity contribution in [2.45, 2.75) is 78.2 Å². The molecule has 2 rings (SSSR count). The Kier molecular flexibility index (Phi) is 5.78. The summed E-state index contributed by atoms with van der Waals surface area (Å²) in [5, 5.41) is 10.9. The van der Waals surface area contributed by atoms with E-state index in [4.69, 9.17) is 0 Å². The van der Waals surface area contributed by atoms with Gasteiger partial charge in [0, 0.05) is 42.5 Å². The number of hydrogen-bond donors (Lipinski definition) is 1. The van der Waals surface area contributed by atoms with Crippen LogP contribution in [0.4, 0.5) is 5.69 Å². The first-order valence-electron chi connectivity index (χ1n) is 9.78. The molecule has 1 aliphatic rings. The van der Waals surface area contributed by atoms with Crippen LogP contribution in [0.15, 0.2) is 12.1 Å². The Morgan fingerprint density at radius 1 is 1.00 bits per heavy atom. The maximum Gasteiger partial charge on any atom is 0.123 e. The topological polar surface area (TPSA) is 26.7 Å². The van der Waals surface area contributed by atoms with E-state index in [0.717, 1.165) is 30.8 Å². The van der Waals surface area contributed by atoms with Gasteiger partial charge >= 0.3 is 0 Å². The maximum absolute atomic E-state index is 10.9. The van der Waals surface area contributed by atoms with Gasteiger partial charge < -0.3 is 10.0 Å². The van der Waals surface area contributed by atoms with Crippen molar-refractivity contribution in [3.63, 3.8) is 0 Å². The average Bonchev–Trinajstić information content (AvgIpc) is 2.47. The van der Waals surface area contributed by atoms with Crippen LogP contribution < -0.4 is 4.90 Å². The Bertz CT molecular complexity index is 560. The molecule has 1 heterocycles. The Labute approximate surface area is 155 Å². The second kappa shape index (κ2) is 7.19. The van der Waals surface area contributed by atoms with E-state index in [1.54, 1.807) is 0 Å². The van der Waals surface area contributed by atoms with Crippen molar-refractivity contribution in [3.05, 3.63) is 23.3 Å². The first-order valence-corrected chi connectivity index (χ1v) is 9.78. The van der Waals surface area contributed by atoms with Crippen molar-refractivity contribution in [2.24, 2.45) is 0 Å². The molecule has 25 heavy (non-hydrogen) atoms. The molecule has 0 bridgehead atoms. The van der Waals surface area contributed by atoms with Crippen LogP contribution in [0.3, 0.4) is 0 Å². The predicted molar refractivity (Wildman–Crippen MR) is 109 cm³/mol. The van der Waals surface area contributed by atoms with E-state index in [1.807, 2.05) is 0 Å². The van der Waals surface area contributed by atoms with E-state index in [0.29, 0.717) is 11.8 Å². The van der Waals surface area contributed by atoms with Gasteiger partial charge in [-0.2, -0.15) is 0 Å². The largest absolute Gasteiger partial charge is 0.507 e. The summed E-state index contributed by atoms with van der Waals surface area (Å²) >= 11 is 0. The first-order chi connectivity index (χ1) is 11.4. The summed E-state index contributed by atoms with van der Waals surface area (Å²) in [6.07, 6.45) is 2.46. The molecule has 0 spiro atoms. The third kappa shape index (κ3) is 4.49. The number of likely N-dealkylation sites (N-methyl/N-ethyl adjacent to an activating group) is 1. The molecule has 0 aliphatic carbocycles. The van der Waals surface area contributed by atoms with Gasteiger partial charge in [-0.3, -0.25) is 4.90 Å². The minimum atomic E-state index is -0.0739. The van der Waals surface area contributed by atoms with Crippen LogP contribution >= 0.6 is 0 Å². The normalized spacial score (nSPS) is 20.2. The van der Waals surface area contributed by atoms with Crippen LogP contribution in [0.25, 0.3) is 0 Å². The molecular weight excluding hydrogens is 308 g/mol. The van der Waals surface area contributed by atoms with Gasteiger partial charge in [-0.25, -0.2) is 0 Å². The van der Waals surface area contributed by atoms with Crippen LogP contribution in [0.2, 0.25) is 0 Å². The number of rotatable bonds is 3. The highest BCUT2D eigenvalue weighted by Crippen LogP contribution is 2.42. The molecule has 1 saturated heterocycles. The first kappa shape index (κ1) is 20.1. The second-order valence-corrected chi connectivity index (χ2v) is 9.76. The van der Waals surface area contributed by atoms with Gasteiger partial charge in [-0.1, -0.05) is 54.9 Å². The lowest BCUT2D eigenvalue weighted by atomic mass is 9.79. The molecule has 3 nitrogen and oxygen atoms in total. The minimum Gasteiger partial charge on any atom is -0.507 e. The van der Waals surface area contributed by atoms with Crippen LogP contribution in [-0.4, -0.2) is 42.7 Å². The standard InChI is InChI=1S/C22H38N2O/c1-9-10-16-15-24(12-11-23(16)8)17-13-18(21(2,3)4)20(25)19(14-17)22(5,6)7/h13-14,16,25H,9-12,15H2,1-8H3. The van der Waals surface area contributed by atoms with Crippen molar-refractivity contribution in [3.8, 4) is 5.75 Å². The van der Waals surface area contributed by atoms with Gasteiger partial charge in [0.15, 0.2) is 0 Å². The number of phenolic OH excluding ortho intramolecular Hbond substituents is 1. The molecular formula is C22H38N2O. The van der Waals surface area contributed by atoms with Crippen molar-refractivity contribution in [1.29, 1.82) is 0 Å². The molecule has 0 saturated carbocycles. The second-order valence-electron chi connectivity index (χ2n) is 9.76. The Hall–Kier alpha value is -1.22.